The van der Waals surface area contributed by atoms with Gasteiger partial charge in [0.15, 0.2) is 0 Å². The van der Waals surface area contributed by atoms with Gasteiger partial charge in [0.2, 0.25) is 0 Å². The molecule has 1 aromatic rings. The van der Waals surface area contributed by atoms with Gasteiger partial charge in [0.05, 0.1) is 13.1 Å². The molecule has 2 rings (SSSR count). The van der Waals surface area contributed by atoms with E-state index in [1.54, 1.807) is 0 Å². The number of nitrogens with one attached hydrogen (secondary N) is 1. The third-order valence-corrected chi connectivity index (χ3v) is 3.19. The smallest absolute Gasteiger partial charge is 0.147 e. The van der Waals surface area contributed by atoms with Crippen molar-refractivity contribution in [2.45, 2.75) is 45.9 Å². The molecular weight excluding hydrogens is 202 g/mol. The fraction of sp³-hybridized carbons (Fsp3) is 0.818. The van der Waals surface area contributed by atoms with E-state index in [0.29, 0.717) is 6.04 Å². The van der Waals surface area contributed by atoms with Crippen LogP contribution in [0.25, 0.3) is 0 Å². The first-order valence-electron chi connectivity index (χ1n) is 6.00. The summed E-state index contributed by atoms with van der Waals surface area (Å²) in [4.78, 5) is 2.29. The van der Waals surface area contributed by atoms with E-state index in [1.807, 2.05) is 0 Å². The lowest BCUT2D eigenvalue weighted by atomic mass is 10.3. The topological polar surface area (TPSA) is 46.0 Å². The van der Waals surface area contributed by atoms with Crippen molar-refractivity contribution in [1.29, 1.82) is 0 Å². The molecule has 0 amide bonds. The van der Waals surface area contributed by atoms with Crippen LogP contribution in [-0.2, 0) is 19.6 Å². The highest BCUT2D eigenvalue weighted by Crippen LogP contribution is 2.09. The van der Waals surface area contributed by atoms with Crippen molar-refractivity contribution in [1.82, 2.24) is 25.0 Å². The summed E-state index contributed by atoms with van der Waals surface area (Å²) in [6.45, 7) is 8.23. The molecule has 0 saturated carbocycles. The van der Waals surface area contributed by atoms with E-state index in [1.165, 1.54) is 0 Å². The molecule has 5 nitrogen and oxygen atoms in total. The number of aromatic nitrogens is 3. The van der Waals surface area contributed by atoms with Gasteiger partial charge in [0.1, 0.15) is 11.6 Å². The maximum absolute atomic E-state index is 4.29. The third kappa shape index (κ3) is 2.41. The van der Waals surface area contributed by atoms with E-state index >= 15 is 0 Å². The van der Waals surface area contributed by atoms with Gasteiger partial charge in [-0.05, 0) is 33.9 Å². The average molecular weight is 223 g/mol. The minimum atomic E-state index is 0.539. The highest BCUT2D eigenvalue weighted by Gasteiger charge is 2.16. The van der Waals surface area contributed by atoms with E-state index in [4.69, 9.17) is 0 Å². The Labute approximate surface area is 96.8 Å². The molecule has 0 aliphatic carbocycles. The molecule has 0 bridgehead atoms. The molecule has 1 N–H and O–H groups in total. The molecule has 1 aliphatic rings. The quantitative estimate of drug-likeness (QED) is 0.815. The predicted octanol–water partition coefficient (Wildman–Crippen LogP) is 0.612. The normalized spacial score (nSPS) is 16.6. The van der Waals surface area contributed by atoms with Gasteiger partial charge in [-0.15, -0.1) is 10.2 Å². The number of rotatable bonds is 3. The summed E-state index contributed by atoms with van der Waals surface area (Å²) >= 11 is 0. The van der Waals surface area contributed by atoms with Gasteiger partial charge in [-0.3, -0.25) is 4.90 Å². The number of fused-ring (bicyclic) bond motifs is 1. The Hall–Kier alpha value is -0.940. The molecule has 90 valence electrons. The van der Waals surface area contributed by atoms with Crippen molar-refractivity contribution in [3.8, 4) is 0 Å². The van der Waals surface area contributed by atoms with Crippen LogP contribution in [0.3, 0.4) is 0 Å². The zero-order valence-corrected chi connectivity index (χ0v) is 10.4. The maximum atomic E-state index is 4.29. The SMILES string of the molecule is CC(C)N(C)Cc1nnc2n1CCCNC2. The van der Waals surface area contributed by atoms with Crippen molar-refractivity contribution in [2.75, 3.05) is 13.6 Å². The Kier molecular flexibility index (Phi) is 3.56. The van der Waals surface area contributed by atoms with Crippen molar-refractivity contribution in [3.63, 3.8) is 0 Å². The first kappa shape index (κ1) is 11.5. The molecule has 0 radical (unpaired) electrons. The lowest BCUT2D eigenvalue weighted by Gasteiger charge is -2.20. The van der Waals surface area contributed by atoms with E-state index in [-0.39, 0.29) is 0 Å². The Morgan fingerprint density at radius 1 is 1.44 bits per heavy atom. The first-order valence-corrected chi connectivity index (χ1v) is 6.00. The van der Waals surface area contributed by atoms with Gasteiger partial charge in [0, 0.05) is 12.6 Å². The second-order valence-electron chi connectivity index (χ2n) is 4.72. The van der Waals surface area contributed by atoms with Crippen LogP contribution in [0, 0.1) is 0 Å². The average Bonchev–Trinajstić information content (AvgIpc) is 2.50. The second kappa shape index (κ2) is 4.93. The van der Waals surface area contributed by atoms with Gasteiger partial charge >= 0.3 is 0 Å². The molecule has 1 aromatic heterocycles. The summed E-state index contributed by atoms with van der Waals surface area (Å²) in [6, 6.07) is 0.539. The Bertz CT molecular complexity index is 344. The van der Waals surface area contributed by atoms with Crippen LogP contribution in [0.15, 0.2) is 0 Å². The molecule has 0 atom stereocenters. The van der Waals surface area contributed by atoms with Gasteiger partial charge in [-0.25, -0.2) is 0 Å². The van der Waals surface area contributed by atoms with Gasteiger partial charge in [0.25, 0.3) is 0 Å². The van der Waals surface area contributed by atoms with Crippen molar-refractivity contribution in [2.24, 2.45) is 0 Å². The van der Waals surface area contributed by atoms with E-state index in [0.717, 1.165) is 44.2 Å². The summed E-state index contributed by atoms with van der Waals surface area (Å²) in [5.74, 6) is 2.17. The summed E-state index contributed by atoms with van der Waals surface area (Å²) < 4.78 is 2.26. The number of nitrogens with zero attached hydrogens (tertiary/aromatic N) is 4. The fourth-order valence-corrected chi connectivity index (χ4v) is 1.85. The minimum Gasteiger partial charge on any atom is -0.313 e. The molecule has 2 heterocycles. The van der Waals surface area contributed by atoms with Crippen LogP contribution in [0.1, 0.15) is 31.9 Å². The zero-order valence-electron chi connectivity index (χ0n) is 10.4. The molecule has 0 unspecified atom stereocenters. The molecule has 0 saturated heterocycles. The molecule has 5 heteroatoms. The lowest BCUT2D eigenvalue weighted by molar-refractivity contribution is 0.255. The van der Waals surface area contributed by atoms with Crippen LogP contribution in [0.5, 0.6) is 0 Å². The third-order valence-electron chi connectivity index (χ3n) is 3.19. The zero-order chi connectivity index (χ0) is 11.5. The van der Waals surface area contributed by atoms with Crippen molar-refractivity contribution < 1.29 is 0 Å². The second-order valence-corrected chi connectivity index (χ2v) is 4.72. The van der Waals surface area contributed by atoms with Crippen molar-refractivity contribution in [3.05, 3.63) is 11.6 Å². The van der Waals surface area contributed by atoms with Crippen LogP contribution in [-0.4, -0.2) is 39.3 Å². The molecule has 0 aromatic carbocycles. The monoisotopic (exact) mass is 223 g/mol. The molecule has 0 fully saturated rings. The summed E-state index contributed by atoms with van der Waals surface area (Å²) in [7, 11) is 2.13. The van der Waals surface area contributed by atoms with Gasteiger partial charge in [-0.1, -0.05) is 0 Å². The van der Waals surface area contributed by atoms with Crippen LogP contribution >= 0.6 is 0 Å². The van der Waals surface area contributed by atoms with Gasteiger partial charge < -0.3 is 9.88 Å². The highest BCUT2D eigenvalue weighted by atomic mass is 15.3. The van der Waals surface area contributed by atoms with E-state index in [2.05, 4.69) is 45.9 Å². The van der Waals surface area contributed by atoms with E-state index in [9.17, 15) is 0 Å². The largest absolute Gasteiger partial charge is 0.313 e. The summed E-state index contributed by atoms with van der Waals surface area (Å²) in [5, 5.41) is 11.9. The fourth-order valence-electron chi connectivity index (χ4n) is 1.85. The molecule has 0 spiro atoms. The Morgan fingerprint density at radius 2 is 2.25 bits per heavy atom. The van der Waals surface area contributed by atoms with Crippen LogP contribution < -0.4 is 5.32 Å². The lowest BCUT2D eigenvalue weighted by Crippen LogP contribution is -2.27. The first-order chi connectivity index (χ1) is 7.68. The molecular formula is C11H21N5. The van der Waals surface area contributed by atoms with E-state index < -0.39 is 0 Å². The van der Waals surface area contributed by atoms with Crippen LogP contribution in [0.4, 0.5) is 0 Å². The minimum absolute atomic E-state index is 0.539. The maximum Gasteiger partial charge on any atom is 0.147 e. The highest BCUT2D eigenvalue weighted by molar-refractivity contribution is 4.97. The predicted molar refractivity (Wildman–Crippen MR) is 62.9 cm³/mol. The molecule has 1 aliphatic heterocycles. The number of hydrogen-bond acceptors (Lipinski definition) is 4. The standard InChI is InChI=1S/C11H21N5/c1-9(2)15(3)8-11-14-13-10-7-12-5-4-6-16(10)11/h9,12H,4-8H2,1-3H3. The molecule has 16 heavy (non-hydrogen) atoms. The van der Waals surface area contributed by atoms with Crippen LogP contribution in [0.2, 0.25) is 0 Å². The number of hydrogen-bond donors (Lipinski definition) is 1. The summed E-state index contributed by atoms with van der Waals surface area (Å²) in [5.41, 5.74) is 0. The summed E-state index contributed by atoms with van der Waals surface area (Å²) in [6.07, 6.45) is 1.16. The van der Waals surface area contributed by atoms with Crippen molar-refractivity contribution >= 4 is 0 Å². The Morgan fingerprint density at radius 3 is 3.00 bits per heavy atom. The Balaban J connectivity index is 2.13. The van der Waals surface area contributed by atoms with Gasteiger partial charge in [-0.2, -0.15) is 0 Å².